The van der Waals surface area contributed by atoms with Crippen molar-refractivity contribution in [3.05, 3.63) is 65.9 Å². The molecule has 0 unspecified atom stereocenters. The molecule has 34 heavy (non-hydrogen) atoms. The Hall–Kier alpha value is -2.79. The van der Waals surface area contributed by atoms with Crippen molar-refractivity contribution < 1.29 is 13.9 Å². The zero-order valence-corrected chi connectivity index (χ0v) is 19.7. The molecule has 1 heterocycles. The van der Waals surface area contributed by atoms with Crippen LogP contribution in [0, 0.1) is 23.2 Å². The van der Waals surface area contributed by atoms with E-state index in [2.05, 4.69) is 28.8 Å². The maximum Gasteiger partial charge on any atom is 0.226 e. The Labute approximate surface area is 201 Å². The summed E-state index contributed by atoms with van der Waals surface area (Å²) in [7, 11) is 0. The van der Waals surface area contributed by atoms with Gasteiger partial charge in [-0.25, -0.2) is 0 Å². The highest BCUT2D eigenvalue weighted by Gasteiger charge is 2.54. The van der Waals surface area contributed by atoms with Crippen LogP contribution in [-0.2, 0) is 17.9 Å². The average molecular weight is 459 g/mol. The Kier molecular flexibility index (Phi) is 5.82. The zero-order chi connectivity index (χ0) is 23.0. The Bertz CT molecular complexity index is 1120. The molecule has 5 nitrogen and oxygen atoms in total. The van der Waals surface area contributed by atoms with Gasteiger partial charge in [0.25, 0.3) is 0 Å². The van der Waals surface area contributed by atoms with Crippen molar-refractivity contribution in [2.24, 2.45) is 23.2 Å². The summed E-state index contributed by atoms with van der Waals surface area (Å²) in [6, 6.07) is 18.2. The highest BCUT2D eigenvalue weighted by molar-refractivity contribution is 5.83. The second kappa shape index (κ2) is 9.10. The molecule has 2 aromatic carbocycles. The molecule has 1 amide bonds. The number of furan rings is 1. The van der Waals surface area contributed by atoms with Gasteiger partial charge < -0.3 is 19.8 Å². The third kappa shape index (κ3) is 4.46. The summed E-state index contributed by atoms with van der Waals surface area (Å²) in [4.78, 5) is 13.1. The fourth-order valence-corrected chi connectivity index (χ4v) is 7.05. The van der Waals surface area contributed by atoms with Crippen molar-refractivity contribution in [3.8, 4) is 5.75 Å². The van der Waals surface area contributed by atoms with Gasteiger partial charge in [-0.1, -0.05) is 30.3 Å². The van der Waals surface area contributed by atoms with Crippen molar-refractivity contribution >= 4 is 16.9 Å². The largest absolute Gasteiger partial charge is 0.489 e. The molecular weight excluding hydrogens is 424 g/mol. The first-order valence-electron chi connectivity index (χ1n) is 12.8. The van der Waals surface area contributed by atoms with Crippen LogP contribution in [0.3, 0.4) is 0 Å². The van der Waals surface area contributed by atoms with Gasteiger partial charge in [-0.15, -0.1) is 0 Å². The number of amides is 1. The Morgan fingerprint density at radius 1 is 0.941 bits per heavy atom. The molecule has 0 saturated heterocycles. The first-order chi connectivity index (χ1) is 16.6. The summed E-state index contributed by atoms with van der Waals surface area (Å²) < 4.78 is 11.9. The quantitative estimate of drug-likeness (QED) is 0.420. The second-order valence-electron chi connectivity index (χ2n) is 10.8. The summed E-state index contributed by atoms with van der Waals surface area (Å²) in [6.45, 7) is 2.59. The van der Waals surface area contributed by atoms with E-state index in [0.29, 0.717) is 25.6 Å². The van der Waals surface area contributed by atoms with Gasteiger partial charge in [-0.05, 0) is 86.1 Å². The third-order valence-electron chi connectivity index (χ3n) is 8.19. The van der Waals surface area contributed by atoms with Crippen LogP contribution >= 0.6 is 0 Å². The lowest BCUT2D eigenvalue weighted by molar-refractivity contribution is -0.146. The lowest BCUT2D eigenvalue weighted by Crippen LogP contribution is -2.54. The molecule has 4 aliphatic carbocycles. The van der Waals surface area contributed by atoms with Gasteiger partial charge in [0, 0.05) is 23.9 Å². The molecule has 4 saturated carbocycles. The van der Waals surface area contributed by atoms with Crippen molar-refractivity contribution in [2.75, 3.05) is 13.1 Å². The number of carbonyl (C=O) groups excluding carboxylic acids is 1. The summed E-state index contributed by atoms with van der Waals surface area (Å²) in [6.07, 6.45) is 7.46. The van der Waals surface area contributed by atoms with Gasteiger partial charge >= 0.3 is 0 Å². The molecule has 5 heteroatoms. The van der Waals surface area contributed by atoms with Gasteiger partial charge in [-0.3, -0.25) is 4.79 Å². The standard InChI is InChI=1S/C29H34N2O3/c32-28(29-15-21-10-22(16-29)12-23(11-21)17-29)31-9-8-30-18-26-14-24-13-25(6-7-27(24)34-26)33-19-20-4-2-1-3-5-20/h1-7,13-14,21-23,30H,8-12,15-19H2,(H,31,32). The van der Waals surface area contributed by atoms with E-state index in [1.54, 1.807) is 0 Å². The number of rotatable bonds is 9. The highest BCUT2D eigenvalue weighted by Crippen LogP contribution is 2.60. The van der Waals surface area contributed by atoms with E-state index in [1.807, 2.05) is 36.4 Å². The Morgan fingerprint density at radius 3 is 2.41 bits per heavy atom. The van der Waals surface area contributed by atoms with Crippen LogP contribution in [0.5, 0.6) is 5.75 Å². The number of carbonyl (C=O) groups is 1. The molecule has 4 fully saturated rings. The first-order valence-corrected chi connectivity index (χ1v) is 12.8. The Morgan fingerprint density at radius 2 is 1.68 bits per heavy atom. The van der Waals surface area contributed by atoms with E-state index in [9.17, 15) is 4.79 Å². The van der Waals surface area contributed by atoms with Crippen LogP contribution in [0.25, 0.3) is 11.0 Å². The van der Waals surface area contributed by atoms with E-state index < -0.39 is 0 Å². The molecule has 7 rings (SSSR count). The maximum absolute atomic E-state index is 13.1. The molecule has 0 radical (unpaired) electrons. The lowest BCUT2D eigenvalue weighted by atomic mass is 9.49. The smallest absolute Gasteiger partial charge is 0.226 e. The van der Waals surface area contributed by atoms with Crippen molar-refractivity contribution in [3.63, 3.8) is 0 Å². The SMILES string of the molecule is O=C(NCCNCc1cc2cc(OCc3ccccc3)ccc2o1)C12CC3CC(CC(C3)C1)C2. The minimum atomic E-state index is -0.0617. The zero-order valence-electron chi connectivity index (χ0n) is 19.7. The molecule has 0 aliphatic heterocycles. The summed E-state index contributed by atoms with van der Waals surface area (Å²) in [5.41, 5.74) is 1.95. The molecule has 0 atom stereocenters. The van der Waals surface area contributed by atoms with Crippen LogP contribution in [0.15, 0.2) is 59.0 Å². The fourth-order valence-electron chi connectivity index (χ4n) is 7.05. The lowest BCUT2D eigenvalue weighted by Gasteiger charge is -2.55. The molecule has 0 spiro atoms. The number of hydrogen-bond donors (Lipinski definition) is 2. The summed E-state index contributed by atoms with van der Waals surface area (Å²) >= 11 is 0. The maximum atomic E-state index is 13.1. The predicted molar refractivity (Wildman–Crippen MR) is 132 cm³/mol. The van der Waals surface area contributed by atoms with E-state index in [1.165, 1.54) is 19.3 Å². The molecule has 4 bridgehead atoms. The predicted octanol–water partition coefficient (Wildman–Crippen LogP) is 5.43. The number of nitrogens with one attached hydrogen (secondary N) is 2. The number of benzene rings is 2. The molecule has 1 aromatic heterocycles. The molecule has 4 aliphatic rings. The minimum Gasteiger partial charge on any atom is -0.489 e. The number of fused-ring (bicyclic) bond motifs is 1. The summed E-state index contributed by atoms with van der Waals surface area (Å²) in [5.74, 6) is 4.43. The van der Waals surface area contributed by atoms with Crippen LogP contribution in [0.1, 0.15) is 49.8 Å². The van der Waals surface area contributed by atoms with E-state index in [4.69, 9.17) is 9.15 Å². The highest BCUT2D eigenvalue weighted by atomic mass is 16.5. The first kappa shape index (κ1) is 21.7. The van der Waals surface area contributed by atoms with E-state index in [0.717, 1.165) is 71.6 Å². The van der Waals surface area contributed by atoms with Crippen molar-refractivity contribution in [2.45, 2.75) is 51.7 Å². The van der Waals surface area contributed by atoms with Gasteiger partial charge in [0.2, 0.25) is 5.91 Å². The molecular formula is C29H34N2O3. The molecule has 178 valence electrons. The van der Waals surface area contributed by atoms with Crippen LogP contribution in [0.4, 0.5) is 0 Å². The van der Waals surface area contributed by atoms with Gasteiger partial charge in [0.15, 0.2) is 0 Å². The number of hydrogen-bond acceptors (Lipinski definition) is 4. The van der Waals surface area contributed by atoms with Crippen LogP contribution in [-0.4, -0.2) is 19.0 Å². The molecule has 2 N–H and O–H groups in total. The monoisotopic (exact) mass is 458 g/mol. The fraction of sp³-hybridized carbons (Fsp3) is 0.483. The van der Waals surface area contributed by atoms with Crippen molar-refractivity contribution in [1.29, 1.82) is 0 Å². The van der Waals surface area contributed by atoms with Gasteiger partial charge in [0.1, 0.15) is 23.7 Å². The average Bonchev–Trinajstić information content (AvgIpc) is 3.24. The second-order valence-corrected chi connectivity index (χ2v) is 10.8. The van der Waals surface area contributed by atoms with Crippen LogP contribution < -0.4 is 15.4 Å². The van der Waals surface area contributed by atoms with E-state index in [-0.39, 0.29) is 5.41 Å². The topological polar surface area (TPSA) is 63.5 Å². The Balaban J connectivity index is 0.968. The van der Waals surface area contributed by atoms with E-state index >= 15 is 0 Å². The van der Waals surface area contributed by atoms with Gasteiger partial charge in [-0.2, -0.15) is 0 Å². The normalized spacial score (nSPS) is 27.2. The number of ether oxygens (including phenoxy) is 1. The molecule has 3 aromatic rings. The van der Waals surface area contributed by atoms with Crippen molar-refractivity contribution in [1.82, 2.24) is 10.6 Å². The summed E-state index contributed by atoms with van der Waals surface area (Å²) in [5, 5.41) is 7.69. The third-order valence-corrected chi connectivity index (χ3v) is 8.19. The minimum absolute atomic E-state index is 0.0617. The van der Waals surface area contributed by atoms with Crippen LogP contribution in [0.2, 0.25) is 0 Å². The van der Waals surface area contributed by atoms with Gasteiger partial charge in [0.05, 0.1) is 6.54 Å².